The Kier molecular flexibility index (Phi) is 8.30. The van der Waals surface area contributed by atoms with Gasteiger partial charge in [-0.05, 0) is 38.5 Å². The van der Waals surface area contributed by atoms with Crippen LogP contribution in [0.15, 0.2) is 21.9 Å². The van der Waals surface area contributed by atoms with Gasteiger partial charge in [0.1, 0.15) is 5.78 Å². The van der Waals surface area contributed by atoms with Gasteiger partial charge in [0.25, 0.3) is 0 Å². The zero-order chi connectivity index (χ0) is 21.7. The van der Waals surface area contributed by atoms with Crippen LogP contribution in [0.4, 0.5) is 13.2 Å². The van der Waals surface area contributed by atoms with Crippen LogP contribution in [-0.2, 0) is 4.79 Å². The van der Waals surface area contributed by atoms with Crippen molar-refractivity contribution in [2.75, 3.05) is 5.75 Å². The number of alkyl halides is 3. The van der Waals surface area contributed by atoms with Gasteiger partial charge >= 0.3 is 12.1 Å². The fourth-order valence-corrected chi connectivity index (χ4v) is 5.14. The Morgan fingerprint density at radius 1 is 1.41 bits per heavy atom. The van der Waals surface area contributed by atoms with Crippen LogP contribution in [0.3, 0.4) is 0 Å². The summed E-state index contributed by atoms with van der Waals surface area (Å²) >= 11 is 2.66. The van der Waals surface area contributed by atoms with Crippen molar-refractivity contribution in [2.24, 2.45) is 11.8 Å². The Bertz CT molecular complexity index is 746. The van der Waals surface area contributed by atoms with Crippen molar-refractivity contribution in [3.8, 4) is 0 Å². The van der Waals surface area contributed by atoms with Gasteiger partial charge in [-0.3, -0.25) is 4.79 Å². The number of allylic oxidation sites excluding steroid dienone is 1. The van der Waals surface area contributed by atoms with Crippen LogP contribution in [0.2, 0.25) is 0 Å². The number of aromatic carboxylic acids is 1. The lowest BCUT2D eigenvalue weighted by atomic mass is 9.90. The topological polar surface area (TPSA) is 87.5 Å². The molecule has 0 aliphatic heterocycles. The molecule has 0 aromatic carbocycles. The molecular formula is C19H24F3NO4S2. The predicted molar refractivity (Wildman–Crippen MR) is 105 cm³/mol. The zero-order valence-electron chi connectivity index (χ0n) is 15.9. The first-order valence-corrected chi connectivity index (χ1v) is 11.1. The molecule has 1 heterocycles. The van der Waals surface area contributed by atoms with E-state index in [1.165, 1.54) is 35.4 Å². The standard InChI is InChI=1S/C19H24F3NO4S2/c1-18(27,8-9-19(20,21)22)7-2-3-12-4-5-15(24)13(12)6-10-28-17-23-14(11-29-17)16(25)26/h2-3,11-13,27H,4-10H2,1H3,(H,25,26)/t12-,13+,18+/m0/s1. The van der Waals surface area contributed by atoms with E-state index < -0.39 is 24.2 Å². The highest BCUT2D eigenvalue weighted by molar-refractivity contribution is 8.01. The molecule has 2 N–H and O–H groups in total. The summed E-state index contributed by atoms with van der Waals surface area (Å²) in [5, 5.41) is 20.5. The second-order valence-corrected chi connectivity index (χ2v) is 9.66. The van der Waals surface area contributed by atoms with Crippen LogP contribution >= 0.6 is 23.1 Å². The van der Waals surface area contributed by atoms with Gasteiger partial charge in [-0.2, -0.15) is 13.2 Å². The molecule has 0 unspecified atom stereocenters. The molecule has 1 aliphatic carbocycles. The number of hydrogen-bond donors (Lipinski definition) is 2. The third kappa shape index (κ3) is 8.10. The Morgan fingerprint density at radius 3 is 2.76 bits per heavy atom. The molecule has 1 saturated carbocycles. The summed E-state index contributed by atoms with van der Waals surface area (Å²) in [4.78, 5) is 27.0. The molecule has 1 fully saturated rings. The second-order valence-electron chi connectivity index (χ2n) is 7.46. The van der Waals surface area contributed by atoms with Gasteiger partial charge in [0.2, 0.25) is 0 Å². The molecule has 1 aromatic heterocycles. The van der Waals surface area contributed by atoms with E-state index in [0.29, 0.717) is 29.4 Å². The highest BCUT2D eigenvalue weighted by atomic mass is 32.2. The quantitative estimate of drug-likeness (QED) is 0.386. The van der Waals surface area contributed by atoms with Crippen molar-refractivity contribution in [1.29, 1.82) is 0 Å². The molecule has 2 rings (SSSR count). The maximum atomic E-state index is 12.3. The molecule has 0 amide bonds. The third-order valence-corrected chi connectivity index (χ3v) is 6.95. The lowest BCUT2D eigenvalue weighted by Gasteiger charge is -2.22. The van der Waals surface area contributed by atoms with Crippen molar-refractivity contribution >= 4 is 34.9 Å². The van der Waals surface area contributed by atoms with E-state index >= 15 is 0 Å². The van der Waals surface area contributed by atoms with Gasteiger partial charge in [-0.1, -0.05) is 23.9 Å². The van der Waals surface area contributed by atoms with Crippen molar-refractivity contribution in [3.63, 3.8) is 0 Å². The molecular weight excluding hydrogens is 427 g/mol. The summed E-state index contributed by atoms with van der Waals surface area (Å²) in [6, 6.07) is 0. The molecule has 5 nitrogen and oxygen atoms in total. The van der Waals surface area contributed by atoms with Crippen LogP contribution < -0.4 is 0 Å². The Hall–Kier alpha value is -1.39. The van der Waals surface area contributed by atoms with Gasteiger partial charge in [0.15, 0.2) is 10.0 Å². The summed E-state index contributed by atoms with van der Waals surface area (Å²) in [5.74, 6) is -0.452. The maximum absolute atomic E-state index is 12.3. The molecule has 0 saturated heterocycles. The summed E-state index contributed by atoms with van der Waals surface area (Å²) in [6.45, 7) is 1.39. The Labute approximate surface area is 175 Å². The first-order valence-electron chi connectivity index (χ1n) is 9.27. The number of thioether (sulfide) groups is 1. The number of thiazole rings is 1. The minimum absolute atomic E-state index is 0.00684. The summed E-state index contributed by atoms with van der Waals surface area (Å²) in [6.07, 6.45) is -0.292. The lowest BCUT2D eigenvalue weighted by molar-refractivity contribution is -0.145. The highest BCUT2D eigenvalue weighted by Gasteiger charge is 2.34. The number of Topliss-reactive ketones (excluding diaryl/α,β-unsaturated/α-hetero) is 1. The monoisotopic (exact) mass is 451 g/mol. The molecule has 1 aromatic rings. The van der Waals surface area contributed by atoms with Crippen molar-refractivity contribution in [2.45, 2.75) is 61.6 Å². The molecule has 10 heteroatoms. The predicted octanol–water partition coefficient (Wildman–Crippen LogP) is 4.96. The number of rotatable bonds is 10. The number of aliphatic hydroxyl groups is 1. The van der Waals surface area contributed by atoms with Gasteiger partial charge in [-0.15, -0.1) is 11.3 Å². The van der Waals surface area contributed by atoms with Crippen LogP contribution in [0.5, 0.6) is 0 Å². The van der Waals surface area contributed by atoms with Gasteiger partial charge in [0.05, 0.1) is 5.60 Å². The number of halogens is 3. The molecule has 1 aliphatic rings. The smallest absolute Gasteiger partial charge is 0.389 e. The first-order chi connectivity index (χ1) is 13.5. The summed E-state index contributed by atoms with van der Waals surface area (Å²) < 4.78 is 37.6. The van der Waals surface area contributed by atoms with E-state index in [1.807, 2.05) is 6.08 Å². The van der Waals surface area contributed by atoms with Crippen LogP contribution in [0.1, 0.15) is 55.9 Å². The normalized spacial score (nSPS) is 22.3. The number of ketones is 1. The van der Waals surface area contributed by atoms with E-state index in [9.17, 15) is 27.9 Å². The van der Waals surface area contributed by atoms with Gasteiger partial charge < -0.3 is 10.2 Å². The van der Waals surface area contributed by atoms with E-state index in [-0.39, 0.29) is 36.2 Å². The molecule has 3 atom stereocenters. The van der Waals surface area contributed by atoms with Crippen molar-refractivity contribution in [3.05, 3.63) is 23.2 Å². The highest BCUT2D eigenvalue weighted by Crippen LogP contribution is 2.35. The van der Waals surface area contributed by atoms with Gasteiger partial charge in [-0.25, -0.2) is 9.78 Å². The van der Waals surface area contributed by atoms with E-state index in [0.717, 1.165) is 0 Å². The number of hydrogen-bond acceptors (Lipinski definition) is 6. The second kappa shape index (κ2) is 10.1. The van der Waals surface area contributed by atoms with Crippen LogP contribution in [-0.4, -0.2) is 44.5 Å². The number of aromatic nitrogens is 1. The SMILES string of the molecule is C[C@@](O)(CC=C[C@H]1CCC(=O)[C@@H]1CCSc1nc(C(=O)O)cs1)CCC(F)(F)F. The third-order valence-electron chi connectivity index (χ3n) is 4.90. The fourth-order valence-electron chi connectivity index (χ4n) is 3.24. The Morgan fingerprint density at radius 2 is 2.14 bits per heavy atom. The van der Waals surface area contributed by atoms with E-state index in [4.69, 9.17) is 5.11 Å². The number of nitrogens with zero attached hydrogens (tertiary/aromatic N) is 1. The van der Waals surface area contributed by atoms with E-state index in [2.05, 4.69) is 4.98 Å². The molecule has 29 heavy (non-hydrogen) atoms. The minimum atomic E-state index is -4.29. The van der Waals surface area contributed by atoms with Gasteiger partial charge in [0, 0.05) is 29.9 Å². The maximum Gasteiger partial charge on any atom is 0.389 e. The van der Waals surface area contributed by atoms with E-state index in [1.54, 1.807) is 6.08 Å². The largest absolute Gasteiger partial charge is 0.476 e. The lowest BCUT2D eigenvalue weighted by Crippen LogP contribution is -2.26. The fraction of sp³-hybridized carbons (Fsp3) is 0.632. The average molecular weight is 452 g/mol. The first kappa shape index (κ1) is 23.9. The number of carboxylic acid groups (broad SMARTS) is 1. The number of carbonyl (C=O) groups is 2. The zero-order valence-corrected chi connectivity index (χ0v) is 17.6. The van der Waals surface area contributed by atoms with Crippen LogP contribution in [0.25, 0.3) is 0 Å². The number of carbonyl (C=O) groups excluding carboxylic acids is 1. The molecule has 0 spiro atoms. The number of carboxylic acids is 1. The molecule has 0 radical (unpaired) electrons. The minimum Gasteiger partial charge on any atom is -0.476 e. The molecule has 0 bridgehead atoms. The average Bonchev–Trinajstić information content (AvgIpc) is 3.21. The summed E-state index contributed by atoms with van der Waals surface area (Å²) in [5.41, 5.74) is -1.43. The summed E-state index contributed by atoms with van der Waals surface area (Å²) in [7, 11) is 0. The van der Waals surface area contributed by atoms with Crippen molar-refractivity contribution in [1.82, 2.24) is 4.98 Å². The molecule has 162 valence electrons. The Balaban J connectivity index is 1.82. The van der Waals surface area contributed by atoms with Crippen molar-refractivity contribution < 1.29 is 33.0 Å². The van der Waals surface area contributed by atoms with Crippen LogP contribution in [0, 0.1) is 11.8 Å².